The fourth-order valence-electron chi connectivity index (χ4n) is 1.96. The fraction of sp³-hybridized carbons (Fsp3) is 0.176. The molecule has 0 aliphatic rings. The van der Waals surface area contributed by atoms with Crippen molar-refractivity contribution < 1.29 is 14.3 Å². The summed E-state index contributed by atoms with van der Waals surface area (Å²) in [4.78, 5) is 23.6. The molecule has 0 heterocycles. The average Bonchev–Trinajstić information content (AvgIpc) is 2.53. The molecule has 0 fully saturated rings. The summed E-state index contributed by atoms with van der Waals surface area (Å²) < 4.78 is 5.07. The van der Waals surface area contributed by atoms with Gasteiger partial charge in [-0.2, -0.15) is 0 Å². The molecule has 0 spiro atoms. The van der Waals surface area contributed by atoms with Crippen LogP contribution < -0.4 is 20.7 Å². The molecular weight excluding hydrogens is 294 g/mol. The Morgan fingerprint density at radius 2 is 1.70 bits per heavy atom. The topological polar surface area (TPSA) is 79.5 Å². The smallest absolute Gasteiger partial charge is 0.319 e. The van der Waals surface area contributed by atoms with E-state index in [1.807, 2.05) is 25.1 Å². The minimum atomic E-state index is -0.461. The third-order valence-electron chi connectivity index (χ3n) is 3.04. The SMILES string of the molecule is COc1cccc(NC(=O)NCC(=O)Nc2cccc(C)c2)c1. The highest BCUT2D eigenvalue weighted by atomic mass is 16.5. The molecule has 23 heavy (non-hydrogen) atoms. The number of ether oxygens (including phenoxy) is 1. The van der Waals surface area contributed by atoms with Crippen LogP contribution >= 0.6 is 0 Å². The van der Waals surface area contributed by atoms with Gasteiger partial charge >= 0.3 is 6.03 Å². The maximum Gasteiger partial charge on any atom is 0.319 e. The number of aryl methyl sites for hydroxylation is 1. The molecule has 0 atom stereocenters. The summed E-state index contributed by atoms with van der Waals surface area (Å²) in [5.41, 5.74) is 2.33. The first-order chi connectivity index (χ1) is 11.1. The lowest BCUT2D eigenvalue weighted by Crippen LogP contribution is -2.35. The van der Waals surface area contributed by atoms with Crippen molar-refractivity contribution in [3.63, 3.8) is 0 Å². The first-order valence-electron chi connectivity index (χ1n) is 7.12. The third-order valence-corrected chi connectivity index (χ3v) is 3.04. The molecular formula is C17H19N3O3. The Morgan fingerprint density at radius 1 is 1.00 bits per heavy atom. The number of urea groups is 1. The van der Waals surface area contributed by atoms with Gasteiger partial charge in [-0.3, -0.25) is 4.79 Å². The number of amides is 3. The van der Waals surface area contributed by atoms with E-state index in [0.29, 0.717) is 17.1 Å². The fourth-order valence-corrected chi connectivity index (χ4v) is 1.96. The quantitative estimate of drug-likeness (QED) is 0.794. The molecule has 2 aromatic rings. The Kier molecular flexibility index (Phi) is 5.57. The van der Waals surface area contributed by atoms with E-state index in [1.54, 1.807) is 37.4 Å². The molecule has 2 aromatic carbocycles. The molecule has 0 aromatic heterocycles. The molecule has 0 saturated carbocycles. The normalized spacial score (nSPS) is 9.83. The molecule has 0 saturated heterocycles. The zero-order chi connectivity index (χ0) is 16.7. The van der Waals surface area contributed by atoms with Gasteiger partial charge in [0, 0.05) is 17.4 Å². The van der Waals surface area contributed by atoms with Crippen LogP contribution in [0.25, 0.3) is 0 Å². The second kappa shape index (κ2) is 7.84. The molecule has 2 rings (SSSR count). The lowest BCUT2D eigenvalue weighted by Gasteiger charge is -2.09. The molecule has 6 nitrogen and oxygen atoms in total. The number of nitrogens with one attached hydrogen (secondary N) is 3. The van der Waals surface area contributed by atoms with E-state index < -0.39 is 6.03 Å². The van der Waals surface area contributed by atoms with Crippen LogP contribution in [0.2, 0.25) is 0 Å². The van der Waals surface area contributed by atoms with Gasteiger partial charge in [0.25, 0.3) is 0 Å². The molecule has 6 heteroatoms. The van der Waals surface area contributed by atoms with E-state index in [0.717, 1.165) is 5.56 Å². The van der Waals surface area contributed by atoms with Crippen LogP contribution in [-0.2, 0) is 4.79 Å². The Labute approximate surface area is 134 Å². The van der Waals surface area contributed by atoms with Gasteiger partial charge in [0.2, 0.25) is 5.91 Å². The number of hydrogen-bond donors (Lipinski definition) is 3. The molecule has 0 unspecified atom stereocenters. The van der Waals surface area contributed by atoms with Gasteiger partial charge in [0.1, 0.15) is 5.75 Å². The largest absolute Gasteiger partial charge is 0.497 e. The molecule has 0 bridgehead atoms. The highest BCUT2D eigenvalue weighted by Gasteiger charge is 2.06. The number of benzene rings is 2. The highest BCUT2D eigenvalue weighted by Crippen LogP contribution is 2.16. The van der Waals surface area contributed by atoms with Crippen LogP contribution in [0, 0.1) is 6.92 Å². The van der Waals surface area contributed by atoms with Gasteiger partial charge in [-0.05, 0) is 36.8 Å². The Hall–Kier alpha value is -3.02. The van der Waals surface area contributed by atoms with Gasteiger partial charge in [-0.15, -0.1) is 0 Å². The van der Waals surface area contributed by atoms with Crippen molar-refractivity contribution in [1.29, 1.82) is 0 Å². The molecule has 0 aliphatic carbocycles. The minimum Gasteiger partial charge on any atom is -0.497 e. The van der Waals surface area contributed by atoms with Gasteiger partial charge in [0.15, 0.2) is 0 Å². The molecule has 3 N–H and O–H groups in total. The van der Waals surface area contributed by atoms with Gasteiger partial charge in [-0.25, -0.2) is 4.79 Å². The first-order valence-corrected chi connectivity index (χ1v) is 7.12. The van der Waals surface area contributed by atoms with Crippen molar-refractivity contribution in [1.82, 2.24) is 5.32 Å². The van der Waals surface area contributed by atoms with Gasteiger partial charge in [0.05, 0.1) is 13.7 Å². The monoisotopic (exact) mass is 313 g/mol. The van der Waals surface area contributed by atoms with Crippen molar-refractivity contribution in [2.24, 2.45) is 0 Å². The van der Waals surface area contributed by atoms with Crippen LogP contribution in [0.3, 0.4) is 0 Å². The standard InChI is InChI=1S/C17H19N3O3/c1-12-5-3-6-13(9-12)19-16(21)11-18-17(22)20-14-7-4-8-15(10-14)23-2/h3-10H,11H2,1-2H3,(H,19,21)(H2,18,20,22). The summed E-state index contributed by atoms with van der Waals surface area (Å²) >= 11 is 0. The van der Waals surface area contributed by atoms with Gasteiger partial charge < -0.3 is 20.7 Å². The van der Waals surface area contributed by atoms with E-state index in [2.05, 4.69) is 16.0 Å². The minimum absolute atomic E-state index is 0.121. The maximum atomic E-state index is 11.8. The van der Waals surface area contributed by atoms with Gasteiger partial charge in [-0.1, -0.05) is 18.2 Å². The Bertz CT molecular complexity index is 701. The molecule has 3 amide bonds. The van der Waals surface area contributed by atoms with E-state index in [9.17, 15) is 9.59 Å². The zero-order valence-corrected chi connectivity index (χ0v) is 13.1. The maximum absolute atomic E-state index is 11.8. The molecule has 0 radical (unpaired) electrons. The highest BCUT2D eigenvalue weighted by molar-refractivity contribution is 5.97. The predicted octanol–water partition coefficient (Wildman–Crippen LogP) is 2.76. The van der Waals surface area contributed by atoms with Crippen LogP contribution in [0.1, 0.15) is 5.56 Å². The van der Waals surface area contributed by atoms with Crippen LogP contribution in [0.15, 0.2) is 48.5 Å². The Morgan fingerprint density at radius 3 is 2.39 bits per heavy atom. The van der Waals surface area contributed by atoms with Crippen LogP contribution in [0.5, 0.6) is 5.75 Å². The zero-order valence-electron chi connectivity index (χ0n) is 13.1. The number of carbonyl (C=O) groups is 2. The number of methoxy groups -OCH3 is 1. The summed E-state index contributed by atoms with van der Waals surface area (Å²) in [5.74, 6) is 0.344. The van der Waals surface area contributed by atoms with Crippen molar-refractivity contribution in [2.75, 3.05) is 24.3 Å². The number of anilines is 2. The van der Waals surface area contributed by atoms with Crippen molar-refractivity contribution in [3.05, 3.63) is 54.1 Å². The lowest BCUT2D eigenvalue weighted by atomic mass is 10.2. The predicted molar refractivity (Wildman–Crippen MR) is 89.8 cm³/mol. The van der Waals surface area contributed by atoms with E-state index in [-0.39, 0.29) is 12.5 Å². The number of carbonyl (C=O) groups excluding carboxylic acids is 2. The Balaban J connectivity index is 1.80. The number of hydrogen-bond acceptors (Lipinski definition) is 3. The van der Waals surface area contributed by atoms with Crippen molar-refractivity contribution in [3.8, 4) is 5.75 Å². The van der Waals surface area contributed by atoms with Crippen LogP contribution in [-0.4, -0.2) is 25.6 Å². The van der Waals surface area contributed by atoms with E-state index in [1.165, 1.54) is 0 Å². The molecule has 120 valence electrons. The van der Waals surface area contributed by atoms with Crippen molar-refractivity contribution in [2.45, 2.75) is 6.92 Å². The molecule has 0 aliphatic heterocycles. The average molecular weight is 313 g/mol. The van der Waals surface area contributed by atoms with E-state index >= 15 is 0 Å². The summed E-state index contributed by atoms with van der Waals surface area (Å²) in [6.45, 7) is 1.82. The third kappa shape index (κ3) is 5.35. The summed E-state index contributed by atoms with van der Waals surface area (Å²) in [6.07, 6.45) is 0. The van der Waals surface area contributed by atoms with Crippen molar-refractivity contribution >= 4 is 23.3 Å². The van der Waals surface area contributed by atoms with E-state index in [4.69, 9.17) is 4.74 Å². The second-order valence-corrected chi connectivity index (χ2v) is 4.96. The van der Waals surface area contributed by atoms with Crippen LogP contribution in [0.4, 0.5) is 16.2 Å². The summed E-state index contributed by atoms with van der Waals surface area (Å²) in [7, 11) is 1.55. The second-order valence-electron chi connectivity index (χ2n) is 4.96. The summed E-state index contributed by atoms with van der Waals surface area (Å²) in [6, 6.07) is 13.9. The first kappa shape index (κ1) is 16.4. The number of rotatable bonds is 5. The summed E-state index contributed by atoms with van der Waals surface area (Å²) in [5, 5.41) is 7.85. The lowest BCUT2D eigenvalue weighted by molar-refractivity contribution is -0.115.